The van der Waals surface area contributed by atoms with Crippen LogP contribution in [0, 0.1) is 10.1 Å². The molecule has 0 aromatic heterocycles. The van der Waals surface area contributed by atoms with Gasteiger partial charge in [-0.1, -0.05) is 6.07 Å². The normalized spacial score (nSPS) is 12.2. The van der Waals surface area contributed by atoms with Crippen molar-refractivity contribution in [3.8, 4) is 0 Å². The number of nitro groups is 1. The first-order valence-electron chi connectivity index (χ1n) is 5.28. The molecule has 1 aromatic rings. The number of anilines is 1. The summed E-state index contributed by atoms with van der Waals surface area (Å²) in [5.41, 5.74) is -0.535. The Labute approximate surface area is 106 Å². The quantitative estimate of drug-likeness (QED) is 0.623. The Morgan fingerprint density at radius 3 is 2.22 bits per heavy atom. The Kier molecular flexibility index (Phi) is 3.66. The SMILES string of the molecule is CC(C)(C)N(c1cccc([N+](=O)[O-])c1)S(C)(=O)=O. The van der Waals surface area contributed by atoms with Crippen LogP contribution in [0.5, 0.6) is 0 Å². The number of rotatable bonds is 3. The van der Waals surface area contributed by atoms with E-state index in [4.69, 9.17) is 0 Å². The van der Waals surface area contributed by atoms with E-state index in [1.165, 1.54) is 22.5 Å². The highest BCUT2D eigenvalue weighted by atomic mass is 32.2. The average Bonchev–Trinajstić information content (AvgIpc) is 2.13. The smallest absolute Gasteiger partial charge is 0.265 e. The second-order valence-electron chi connectivity index (χ2n) is 4.98. The minimum absolute atomic E-state index is 0.134. The fourth-order valence-corrected chi connectivity index (χ4v) is 3.30. The molecule has 0 bridgehead atoms. The molecule has 0 radical (unpaired) electrons. The number of nitrogens with zero attached hydrogens (tertiary/aromatic N) is 2. The van der Waals surface area contributed by atoms with Crippen molar-refractivity contribution in [2.75, 3.05) is 10.6 Å². The zero-order valence-electron chi connectivity index (χ0n) is 10.7. The van der Waals surface area contributed by atoms with Gasteiger partial charge >= 0.3 is 0 Å². The molecule has 0 saturated heterocycles. The molecule has 0 unspecified atom stereocenters. The van der Waals surface area contributed by atoms with Crippen molar-refractivity contribution < 1.29 is 13.3 Å². The third-order valence-corrected chi connectivity index (χ3v) is 3.64. The average molecular weight is 272 g/mol. The molecule has 0 aliphatic rings. The van der Waals surface area contributed by atoms with E-state index in [0.29, 0.717) is 5.69 Å². The molecular weight excluding hydrogens is 256 g/mol. The summed E-state index contributed by atoms with van der Waals surface area (Å²) >= 11 is 0. The summed E-state index contributed by atoms with van der Waals surface area (Å²) in [6, 6.07) is 5.59. The van der Waals surface area contributed by atoms with Gasteiger partial charge in [-0.3, -0.25) is 14.4 Å². The van der Waals surface area contributed by atoms with Gasteiger partial charge in [-0.05, 0) is 26.8 Å². The summed E-state index contributed by atoms with van der Waals surface area (Å²) in [5.74, 6) is 0. The van der Waals surface area contributed by atoms with Crippen LogP contribution in [0.15, 0.2) is 24.3 Å². The van der Waals surface area contributed by atoms with E-state index in [-0.39, 0.29) is 5.69 Å². The van der Waals surface area contributed by atoms with Crippen LogP contribution >= 0.6 is 0 Å². The highest BCUT2D eigenvalue weighted by molar-refractivity contribution is 7.92. The molecule has 0 aliphatic carbocycles. The van der Waals surface area contributed by atoms with Crippen molar-refractivity contribution in [2.24, 2.45) is 0 Å². The summed E-state index contributed by atoms with van der Waals surface area (Å²) < 4.78 is 24.8. The van der Waals surface area contributed by atoms with Crippen LogP contribution in [0.25, 0.3) is 0 Å². The van der Waals surface area contributed by atoms with Gasteiger partial charge < -0.3 is 0 Å². The zero-order chi connectivity index (χ0) is 14.1. The van der Waals surface area contributed by atoms with Crippen molar-refractivity contribution in [3.05, 3.63) is 34.4 Å². The van der Waals surface area contributed by atoms with Crippen LogP contribution in [0.1, 0.15) is 20.8 Å². The second kappa shape index (κ2) is 4.56. The summed E-state index contributed by atoms with van der Waals surface area (Å²) in [6.07, 6.45) is 1.08. The maximum Gasteiger partial charge on any atom is 0.271 e. The van der Waals surface area contributed by atoms with Crippen LogP contribution < -0.4 is 4.31 Å². The van der Waals surface area contributed by atoms with E-state index >= 15 is 0 Å². The monoisotopic (exact) mass is 272 g/mol. The van der Waals surface area contributed by atoms with Crippen LogP contribution in [0.4, 0.5) is 11.4 Å². The molecule has 0 heterocycles. The summed E-state index contributed by atoms with van der Waals surface area (Å²) in [6.45, 7) is 5.19. The van der Waals surface area contributed by atoms with E-state index in [2.05, 4.69) is 0 Å². The molecule has 1 aromatic carbocycles. The number of sulfonamides is 1. The first kappa shape index (κ1) is 14.4. The summed E-state index contributed by atoms with van der Waals surface area (Å²) in [7, 11) is -3.51. The minimum atomic E-state index is -3.51. The predicted octanol–water partition coefficient (Wildman–Crippen LogP) is 2.16. The van der Waals surface area contributed by atoms with E-state index in [1.807, 2.05) is 0 Å². The predicted molar refractivity (Wildman–Crippen MR) is 70.2 cm³/mol. The first-order valence-corrected chi connectivity index (χ1v) is 7.13. The van der Waals surface area contributed by atoms with Gasteiger partial charge in [0.2, 0.25) is 10.0 Å². The maximum atomic E-state index is 11.8. The molecule has 0 aliphatic heterocycles. The van der Waals surface area contributed by atoms with Crippen LogP contribution in [0.3, 0.4) is 0 Å². The lowest BCUT2D eigenvalue weighted by molar-refractivity contribution is -0.384. The van der Waals surface area contributed by atoms with Gasteiger partial charge in [-0.15, -0.1) is 0 Å². The number of hydrogen-bond donors (Lipinski definition) is 0. The molecule has 7 heteroatoms. The van der Waals surface area contributed by atoms with Gasteiger partial charge in [0.25, 0.3) is 5.69 Å². The molecule has 0 atom stereocenters. The van der Waals surface area contributed by atoms with Gasteiger partial charge in [0.15, 0.2) is 0 Å². The Hall–Kier alpha value is -1.63. The molecule has 6 nitrogen and oxygen atoms in total. The highest BCUT2D eigenvalue weighted by Crippen LogP contribution is 2.29. The van der Waals surface area contributed by atoms with E-state index in [9.17, 15) is 18.5 Å². The highest BCUT2D eigenvalue weighted by Gasteiger charge is 2.30. The number of benzene rings is 1. The van der Waals surface area contributed by atoms with Crippen molar-refractivity contribution in [1.29, 1.82) is 0 Å². The fourth-order valence-electron chi connectivity index (χ4n) is 1.81. The Morgan fingerprint density at radius 1 is 1.28 bits per heavy atom. The molecule has 0 spiro atoms. The summed E-state index contributed by atoms with van der Waals surface area (Å²) in [4.78, 5) is 10.2. The van der Waals surface area contributed by atoms with Crippen molar-refractivity contribution in [3.63, 3.8) is 0 Å². The van der Waals surface area contributed by atoms with Gasteiger partial charge in [-0.25, -0.2) is 8.42 Å². The number of nitro benzene ring substituents is 1. The molecule has 0 amide bonds. The minimum Gasteiger partial charge on any atom is -0.265 e. The van der Waals surface area contributed by atoms with Crippen LogP contribution in [-0.2, 0) is 10.0 Å². The molecule has 0 N–H and O–H groups in total. The lowest BCUT2D eigenvalue weighted by Gasteiger charge is -2.35. The zero-order valence-corrected chi connectivity index (χ0v) is 11.6. The second-order valence-corrected chi connectivity index (χ2v) is 6.81. The lowest BCUT2D eigenvalue weighted by Crippen LogP contribution is -2.45. The Morgan fingerprint density at radius 2 is 1.83 bits per heavy atom. The standard InChI is InChI=1S/C11H16N2O4S/c1-11(2,3)12(18(4,16)17)9-6-5-7-10(8-9)13(14)15/h5-8H,1-4H3. The van der Waals surface area contributed by atoms with Gasteiger partial charge in [0.05, 0.1) is 16.9 Å². The number of hydrogen-bond acceptors (Lipinski definition) is 4. The van der Waals surface area contributed by atoms with Crippen molar-refractivity contribution in [1.82, 2.24) is 0 Å². The van der Waals surface area contributed by atoms with Crippen molar-refractivity contribution >= 4 is 21.4 Å². The van der Waals surface area contributed by atoms with Crippen LogP contribution in [-0.4, -0.2) is 25.1 Å². The van der Waals surface area contributed by atoms with E-state index in [0.717, 1.165) is 6.26 Å². The fraction of sp³-hybridized carbons (Fsp3) is 0.455. The molecule has 0 saturated carbocycles. The molecule has 18 heavy (non-hydrogen) atoms. The van der Waals surface area contributed by atoms with E-state index < -0.39 is 20.5 Å². The van der Waals surface area contributed by atoms with Gasteiger partial charge in [-0.2, -0.15) is 0 Å². The molecule has 100 valence electrons. The first-order chi connectivity index (χ1) is 8.03. The maximum absolute atomic E-state index is 11.8. The number of non-ortho nitro benzene ring substituents is 1. The largest absolute Gasteiger partial charge is 0.271 e. The molecule has 0 fully saturated rings. The lowest BCUT2D eigenvalue weighted by atomic mass is 10.1. The van der Waals surface area contributed by atoms with Gasteiger partial charge in [0.1, 0.15) is 0 Å². The van der Waals surface area contributed by atoms with E-state index in [1.54, 1.807) is 26.8 Å². The molecule has 1 rings (SSSR count). The summed E-state index contributed by atoms with van der Waals surface area (Å²) in [5, 5.41) is 10.7. The Balaban J connectivity index is 3.41. The van der Waals surface area contributed by atoms with Crippen molar-refractivity contribution in [2.45, 2.75) is 26.3 Å². The topological polar surface area (TPSA) is 80.5 Å². The third kappa shape index (κ3) is 3.19. The Bertz CT molecular complexity index is 561. The third-order valence-electron chi connectivity index (χ3n) is 2.22. The van der Waals surface area contributed by atoms with Gasteiger partial charge in [0, 0.05) is 17.7 Å². The molecular formula is C11H16N2O4S. The van der Waals surface area contributed by atoms with Crippen LogP contribution in [0.2, 0.25) is 0 Å².